The van der Waals surface area contributed by atoms with E-state index in [-0.39, 0.29) is 23.4 Å². The zero-order valence-corrected chi connectivity index (χ0v) is 12.3. The Kier molecular flexibility index (Phi) is 4.88. The van der Waals surface area contributed by atoms with Crippen molar-refractivity contribution in [3.05, 3.63) is 35.9 Å². The summed E-state index contributed by atoms with van der Waals surface area (Å²) in [5.41, 5.74) is 1.14. The van der Waals surface area contributed by atoms with Crippen molar-refractivity contribution in [3.8, 4) is 0 Å². The molecule has 0 radical (unpaired) electrons. The molecule has 104 valence electrons. The van der Waals surface area contributed by atoms with E-state index in [0.29, 0.717) is 19.5 Å². The van der Waals surface area contributed by atoms with Gasteiger partial charge in [-0.15, -0.1) is 0 Å². The number of hydrogen-bond acceptors (Lipinski definition) is 3. The summed E-state index contributed by atoms with van der Waals surface area (Å²) in [4.78, 5) is 14.3. The Balaban J connectivity index is 1.95. The number of rotatable bonds is 3. The minimum Gasteiger partial charge on any atom is -0.372 e. The monoisotopic (exact) mass is 279 g/mol. The van der Waals surface area contributed by atoms with E-state index in [0.717, 1.165) is 5.56 Å². The van der Waals surface area contributed by atoms with E-state index in [2.05, 4.69) is 12.6 Å². The molecule has 1 aliphatic heterocycles. The maximum absolute atomic E-state index is 12.4. The molecule has 1 fully saturated rings. The van der Waals surface area contributed by atoms with Gasteiger partial charge in [-0.2, -0.15) is 12.6 Å². The number of nitrogens with zero attached hydrogens (tertiary/aromatic N) is 1. The van der Waals surface area contributed by atoms with Gasteiger partial charge in [0.25, 0.3) is 0 Å². The number of benzene rings is 1. The van der Waals surface area contributed by atoms with Crippen molar-refractivity contribution >= 4 is 18.5 Å². The smallest absolute Gasteiger partial charge is 0.235 e. The summed E-state index contributed by atoms with van der Waals surface area (Å²) in [6, 6.07) is 10.0. The molecule has 3 unspecified atom stereocenters. The minimum absolute atomic E-state index is 0.102. The zero-order chi connectivity index (χ0) is 13.8. The molecule has 0 N–H and O–H groups in total. The molecule has 0 bridgehead atoms. The van der Waals surface area contributed by atoms with Gasteiger partial charge in [0.2, 0.25) is 5.91 Å². The fourth-order valence-electron chi connectivity index (χ4n) is 2.49. The van der Waals surface area contributed by atoms with E-state index in [1.54, 1.807) is 0 Å². The first kappa shape index (κ1) is 14.4. The summed E-state index contributed by atoms with van der Waals surface area (Å²) in [6.45, 7) is 5.32. The molecule has 19 heavy (non-hydrogen) atoms. The molecule has 3 nitrogen and oxygen atoms in total. The van der Waals surface area contributed by atoms with Crippen molar-refractivity contribution in [2.45, 2.75) is 37.7 Å². The van der Waals surface area contributed by atoms with Crippen LogP contribution in [0.4, 0.5) is 0 Å². The SMILES string of the molecule is CC1CN(C(=O)C(S)Cc2ccccc2)CC(C)O1. The molecular formula is C15H21NO2S. The molecule has 2 rings (SSSR count). The van der Waals surface area contributed by atoms with Crippen LogP contribution >= 0.6 is 12.6 Å². The number of amides is 1. The third kappa shape index (κ3) is 3.98. The number of morpholine rings is 1. The van der Waals surface area contributed by atoms with Crippen LogP contribution in [0.1, 0.15) is 19.4 Å². The van der Waals surface area contributed by atoms with Gasteiger partial charge in [0.15, 0.2) is 0 Å². The van der Waals surface area contributed by atoms with Gasteiger partial charge < -0.3 is 9.64 Å². The average molecular weight is 279 g/mol. The molecular weight excluding hydrogens is 258 g/mol. The number of ether oxygens (including phenoxy) is 1. The van der Waals surface area contributed by atoms with E-state index < -0.39 is 0 Å². The average Bonchev–Trinajstić information content (AvgIpc) is 2.37. The van der Waals surface area contributed by atoms with E-state index in [1.165, 1.54) is 0 Å². The highest BCUT2D eigenvalue weighted by molar-refractivity contribution is 7.81. The van der Waals surface area contributed by atoms with Crippen LogP contribution in [0.15, 0.2) is 30.3 Å². The van der Waals surface area contributed by atoms with Crippen LogP contribution < -0.4 is 0 Å². The lowest BCUT2D eigenvalue weighted by atomic mass is 10.1. The minimum atomic E-state index is -0.278. The van der Waals surface area contributed by atoms with E-state index >= 15 is 0 Å². The first-order valence-electron chi connectivity index (χ1n) is 6.72. The fourth-order valence-corrected chi connectivity index (χ4v) is 2.87. The maximum Gasteiger partial charge on any atom is 0.235 e. The Morgan fingerprint density at radius 1 is 1.32 bits per heavy atom. The largest absolute Gasteiger partial charge is 0.372 e. The van der Waals surface area contributed by atoms with Gasteiger partial charge in [0, 0.05) is 13.1 Å². The van der Waals surface area contributed by atoms with Crippen LogP contribution in [0.2, 0.25) is 0 Å². The molecule has 4 heteroatoms. The van der Waals surface area contributed by atoms with Gasteiger partial charge in [0.1, 0.15) is 0 Å². The summed E-state index contributed by atoms with van der Waals surface area (Å²) >= 11 is 4.47. The first-order chi connectivity index (χ1) is 9.06. The van der Waals surface area contributed by atoms with E-state index in [4.69, 9.17) is 4.74 Å². The maximum atomic E-state index is 12.4. The number of hydrogen-bond donors (Lipinski definition) is 1. The standard InChI is InChI=1S/C15H21NO2S/c1-11-9-16(10-12(2)18-11)15(17)14(19)8-13-6-4-3-5-7-13/h3-7,11-12,14,19H,8-10H2,1-2H3. The Morgan fingerprint density at radius 2 is 1.89 bits per heavy atom. The number of carbonyl (C=O) groups is 1. The van der Waals surface area contributed by atoms with Crippen molar-refractivity contribution in [1.82, 2.24) is 4.90 Å². The second-order valence-electron chi connectivity index (χ2n) is 5.21. The molecule has 0 spiro atoms. The van der Waals surface area contributed by atoms with Crippen LogP contribution in [0.25, 0.3) is 0 Å². The Labute approximate surface area is 120 Å². The zero-order valence-electron chi connectivity index (χ0n) is 11.5. The normalized spacial score (nSPS) is 25.1. The highest BCUT2D eigenvalue weighted by Crippen LogP contribution is 2.16. The summed E-state index contributed by atoms with van der Waals surface area (Å²) < 4.78 is 5.65. The molecule has 1 amide bonds. The lowest BCUT2D eigenvalue weighted by Gasteiger charge is -2.36. The van der Waals surface area contributed by atoms with Gasteiger partial charge in [0.05, 0.1) is 17.5 Å². The number of carbonyl (C=O) groups excluding carboxylic acids is 1. The van der Waals surface area contributed by atoms with Crippen molar-refractivity contribution < 1.29 is 9.53 Å². The fraction of sp³-hybridized carbons (Fsp3) is 0.533. The second-order valence-corrected chi connectivity index (χ2v) is 5.83. The highest BCUT2D eigenvalue weighted by Gasteiger charge is 2.28. The molecule has 1 aliphatic rings. The molecule has 0 aliphatic carbocycles. The molecule has 1 aromatic carbocycles. The topological polar surface area (TPSA) is 29.5 Å². The van der Waals surface area contributed by atoms with Crippen LogP contribution in [0, 0.1) is 0 Å². The molecule has 1 aromatic rings. The van der Waals surface area contributed by atoms with Crippen molar-refractivity contribution in [2.75, 3.05) is 13.1 Å². The number of thiol groups is 1. The highest BCUT2D eigenvalue weighted by atomic mass is 32.1. The predicted molar refractivity (Wildman–Crippen MR) is 79.5 cm³/mol. The quantitative estimate of drug-likeness (QED) is 0.859. The Morgan fingerprint density at radius 3 is 2.47 bits per heavy atom. The summed E-state index contributed by atoms with van der Waals surface area (Å²) in [5.74, 6) is 0.106. The first-order valence-corrected chi connectivity index (χ1v) is 7.24. The van der Waals surface area contributed by atoms with Gasteiger partial charge in [-0.1, -0.05) is 30.3 Å². The van der Waals surface area contributed by atoms with Crippen LogP contribution in [-0.2, 0) is 16.0 Å². The van der Waals surface area contributed by atoms with Crippen molar-refractivity contribution in [2.24, 2.45) is 0 Å². The van der Waals surface area contributed by atoms with E-state index in [9.17, 15) is 4.79 Å². The summed E-state index contributed by atoms with van der Waals surface area (Å²) in [6.07, 6.45) is 0.873. The van der Waals surface area contributed by atoms with E-state index in [1.807, 2.05) is 49.1 Å². The molecule has 1 heterocycles. The predicted octanol–water partition coefficient (Wildman–Crippen LogP) is 2.16. The van der Waals surface area contributed by atoms with Crippen molar-refractivity contribution in [1.29, 1.82) is 0 Å². The third-order valence-electron chi connectivity index (χ3n) is 3.29. The molecule has 1 saturated heterocycles. The van der Waals surface area contributed by atoms with Crippen molar-refractivity contribution in [3.63, 3.8) is 0 Å². The van der Waals surface area contributed by atoms with Gasteiger partial charge >= 0.3 is 0 Å². The summed E-state index contributed by atoms with van der Waals surface area (Å²) in [5, 5.41) is -0.278. The summed E-state index contributed by atoms with van der Waals surface area (Å²) in [7, 11) is 0. The van der Waals surface area contributed by atoms with Crippen LogP contribution in [0.5, 0.6) is 0 Å². The molecule has 0 saturated carbocycles. The van der Waals surface area contributed by atoms with Crippen LogP contribution in [0.3, 0.4) is 0 Å². The van der Waals surface area contributed by atoms with Gasteiger partial charge in [-0.05, 0) is 25.8 Å². The third-order valence-corrected chi connectivity index (χ3v) is 3.69. The lowest BCUT2D eigenvalue weighted by Crippen LogP contribution is -2.50. The Hall–Kier alpha value is -1.00. The molecule has 3 atom stereocenters. The Bertz CT molecular complexity index is 413. The van der Waals surface area contributed by atoms with Crippen LogP contribution in [-0.4, -0.2) is 41.4 Å². The van der Waals surface area contributed by atoms with Gasteiger partial charge in [-0.25, -0.2) is 0 Å². The second kappa shape index (κ2) is 6.44. The lowest BCUT2D eigenvalue weighted by molar-refractivity contribution is -0.142. The molecule has 0 aromatic heterocycles. The van der Waals surface area contributed by atoms with Gasteiger partial charge in [-0.3, -0.25) is 4.79 Å².